The van der Waals surface area contributed by atoms with Crippen molar-refractivity contribution in [3.63, 3.8) is 0 Å². The van der Waals surface area contributed by atoms with E-state index < -0.39 is 17.8 Å². The predicted molar refractivity (Wildman–Crippen MR) is 98.3 cm³/mol. The number of amides is 1. The Bertz CT molecular complexity index is 611. The maximum Gasteiger partial charge on any atom is 0.416 e. The molecule has 2 rings (SSSR count). The average Bonchev–Trinajstić information content (AvgIpc) is 2.80. The quantitative estimate of drug-likeness (QED) is 0.639. The molecule has 0 radical (unpaired) electrons. The van der Waals surface area contributed by atoms with Crippen molar-refractivity contribution in [2.45, 2.75) is 70.6 Å². The molecule has 1 aliphatic rings. The van der Waals surface area contributed by atoms with Gasteiger partial charge in [-0.25, -0.2) is 0 Å². The molecule has 0 aromatic heterocycles. The summed E-state index contributed by atoms with van der Waals surface area (Å²) in [6.07, 6.45) is 2.09. The van der Waals surface area contributed by atoms with Crippen LogP contribution in [0.4, 0.5) is 18.9 Å². The first-order chi connectivity index (χ1) is 12.2. The normalized spacial score (nSPS) is 17.7. The van der Waals surface area contributed by atoms with E-state index in [-0.39, 0.29) is 22.9 Å². The van der Waals surface area contributed by atoms with E-state index in [1.807, 2.05) is 13.8 Å². The number of halogens is 4. The van der Waals surface area contributed by atoms with Crippen LogP contribution in [0.15, 0.2) is 18.2 Å². The van der Waals surface area contributed by atoms with Gasteiger partial charge >= 0.3 is 6.18 Å². The van der Waals surface area contributed by atoms with Crippen molar-refractivity contribution in [2.24, 2.45) is 5.92 Å². The van der Waals surface area contributed by atoms with Crippen molar-refractivity contribution in [3.05, 3.63) is 28.8 Å². The Kier molecular flexibility index (Phi) is 7.21. The minimum Gasteiger partial charge on any atom is -0.372 e. The molecule has 1 aromatic rings. The Balaban J connectivity index is 2.08. The molecule has 3 nitrogen and oxygen atoms in total. The Morgan fingerprint density at radius 1 is 1.15 bits per heavy atom. The number of hydrogen-bond donors (Lipinski definition) is 2. The topological polar surface area (TPSA) is 41.1 Å². The molecule has 1 fully saturated rings. The summed E-state index contributed by atoms with van der Waals surface area (Å²) in [6, 6.07) is 2.72. The molecule has 1 saturated carbocycles. The lowest BCUT2D eigenvalue weighted by Gasteiger charge is -2.26. The fraction of sp³-hybridized carbons (Fsp3) is 0.632. The minimum atomic E-state index is -4.45. The van der Waals surface area contributed by atoms with Gasteiger partial charge in [0, 0.05) is 6.04 Å². The fourth-order valence-corrected chi connectivity index (χ4v) is 3.46. The summed E-state index contributed by atoms with van der Waals surface area (Å²) in [5.74, 6) is -0.179. The van der Waals surface area contributed by atoms with Crippen molar-refractivity contribution in [2.75, 3.05) is 5.32 Å². The van der Waals surface area contributed by atoms with Crippen LogP contribution in [-0.4, -0.2) is 18.0 Å². The standard InChI is InChI=1S/C19H26ClF3N2O/c1-12(2)17(18(26)24-14-7-5-3-4-6-8-14)25-16-10-9-13(11-15(16)20)19(21,22)23/h9-12,14,17,25H,3-8H2,1-2H3,(H,24,26)/t17-/m0/s1. The summed E-state index contributed by atoms with van der Waals surface area (Å²) in [5, 5.41) is 6.06. The van der Waals surface area contributed by atoms with E-state index in [0.717, 1.165) is 37.8 Å². The summed E-state index contributed by atoms with van der Waals surface area (Å²) in [5.41, 5.74) is -0.480. The van der Waals surface area contributed by atoms with E-state index >= 15 is 0 Å². The summed E-state index contributed by atoms with van der Waals surface area (Å²) in [4.78, 5) is 12.7. The fourth-order valence-electron chi connectivity index (χ4n) is 3.23. The van der Waals surface area contributed by atoms with Crippen LogP contribution in [0.3, 0.4) is 0 Å². The highest BCUT2D eigenvalue weighted by atomic mass is 35.5. The predicted octanol–water partition coefficient (Wildman–Crippen LogP) is 5.63. The van der Waals surface area contributed by atoms with Gasteiger partial charge in [0.15, 0.2) is 0 Å². The van der Waals surface area contributed by atoms with Gasteiger partial charge in [-0.3, -0.25) is 4.79 Å². The largest absolute Gasteiger partial charge is 0.416 e. The van der Waals surface area contributed by atoms with Gasteiger partial charge in [-0.1, -0.05) is 51.1 Å². The second kappa shape index (κ2) is 8.98. The lowest BCUT2D eigenvalue weighted by Crippen LogP contribution is -2.47. The first kappa shape index (κ1) is 20.9. The number of nitrogens with one attached hydrogen (secondary N) is 2. The highest BCUT2D eigenvalue weighted by Crippen LogP contribution is 2.34. The number of benzene rings is 1. The number of carbonyl (C=O) groups excluding carboxylic acids is 1. The van der Waals surface area contributed by atoms with Gasteiger partial charge in [-0.15, -0.1) is 0 Å². The molecule has 0 bridgehead atoms. The van der Waals surface area contributed by atoms with E-state index in [0.29, 0.717) is 5.69 Å². The van der Waals surface area contributed by atoms with Gasteiger partial charge in [0.05, 0.1) is 16.3 Å². The average molecular weight is 391 g/mol. The Labute approximate surface area is 157 Å². The number of alkyl halides is 3. The molecule has 1 aliphatic carbocycles. The SMILES string of the molecule is CC(C)[C@H](Nc1ccc(C(F)(F)F)cc1Cl)C(=O)NC1CCCCCC1. The molecule has 26 heavy (non-hydrogen) atoms. The summed E-state index contributed by atoms with van der Waals surface area (Å²) >= 11 is 6.01. The third-order valence-electron chi connectivity index (χ3n) is 4.76. The smallest absolute Gasteiger partial charge is 0.372 e. The van der Waals surface area contributed by atoms with Gasteiger partial charge in [-0.05, 0) is 37.0 Å². The van der Waals surface area contributed by atoms with Crippen molar-refractivity contribution in [1.82, 2.24) is 5.32 Å². The van der Waals surface area contributed by atoms with Gasteiger partial charge in [0.2, 0.25) is 5.91 Å². The molecule has 7 heteroatoms. The first-order valence-electron chi connectivity index (χ1n) is 9.12. The zero-order valence-electron chi connectivity index (χ0n) is 15.1. The molecular weight excluding hydrogens is 365 g/mol. The molecule has 1 aromatic carbocycles. The Morgan fingerprint density at radius 2 is 1.77 bits per heavy atom. The van der Waals surface area contributed by atoms with Crippen molar-refractivity contribution < 1.29 is 18.0 Å². The van der Waals surface area contributed by atoms with Crippen LogP contribution in [0, 0.1) is 5.92 Å². The molecule has 0 spiro atoms. The van der Waals surface area contributed by atoms with Crippen LogP contribution in [0.1, 0.15) is 57.9 Å². The summed E-state index contributed by atoms with van der Waals surface area (Å²) in [6.45, 7) is 3.78. The van der Waals surface area contributed by atoms with Crippen molar-refractivity contribution in [1.29, 1.82) is 0 Å². The summed E-state index contributed by atoms with van der Waals surface area (Å²) in [7, 11) is 0. The Hall–Kier alpha value is -1.43. The lowest BCUT2D eigenvalue weighted by atomic mass is 10.0. The molecule has 0 saturated heterocycles. The molecule has 0 unspecified atom stereocenters. The van der Waals surface area contributed by atoms with Crippen LogP contribution in [0.25, 0.3) is 0 Å². The van der Waals surface area contributed by atoms with E-state index in [4.69, 9.17) is 11.6 Å². The second-order valence-corrected chi connectivity index (χ2v) is 7.66. The second-order valence-electron chi connectivity index (χ2n) is 7.26. The summed E-state index contributed by atoms with van der Waals surface area (Å²) < 4.78 is 38.3. The number of carbonyl (C=O) groups is 1. The molecule has 146 valence electrons. The molecule has 1 atom stereocenters. The third kappa shape index (κ3) is 5.79. The molecule has 1 amide bonds. The highest BCUT2D eigenvalue weighted by Gasteiger charge is 2.31. The third-order valence-corrected chi connectivity index (χ3v) is 5.07. The molecule has 2 N–H and O–H groups in total. The van der Waals surface area contributed by atoms with E-state index in [2.05, 4.69) is 10.6 Å². The molecule has 0 heterocycles. The van der Waals surface area contributed by atoms with E-state index in [9.17, 15) is 18.0 Å². The monoisotopic (exact) mass is 390 g/mol. The lowest BCUT2D eigenvalue weighted by molar-refractivity contribution is -0.137. The van der Waals surface area contributed by atoms with Crippen LogP contribution < -0.4 is 10.6 Å². The van der Waals surface area contributed by atoms with Crippen LogP contribution >= 0.6 is 11.6 Å². The maximum absolute atomic E-state index is 12.8. The Morgan fingerprint density at radius 3 is 2.27 bits per heavy atom. The molecular formula is C19H26ClF3N2O. The van der Waals surface area contributed by atoms with Crippen LogP contribution in [-0.2, 0) is 11.0 Å². The zero-order valence-corrected chi connectivity index (χ0v) is 15.9. The van der Waals surface area contributed by atoms with Gasteiger partial charge < -0.3 is 10.6 Å². The van der Waals surface area contributed by atoms with Gasteiger partial charge in [0.1, 0.15) is 6.04 Å². The molecule has 0 aliphatic heterocycles. The van der Waals surface area contributed by atoms with Gasteiger partial charge in [0.25, 0.3) is 0 Å². The van der Waals surface area contributed by atoms with Crippen molar-refractivity contribution >= 4 is 23.2 Å². The number of anilines is 1. The highest BCUT2D eigenvalue weighted by molar-refractivity contribution is 6.33. The number of rotatable bonds is 5. The van der Waals surface area contributed by atoms with E-state index in [1.54, 1.807) is 0 Å². The van der Waals surface area contributed by atoms with Crippen molar-refractivity contribution in [3.8, 4) is 0 Å². The van der Waals surface area contributed by atoms with Gasteiger partial charge in [-0.2, -0.15) is 13.2 Å². The van der Waals surface area contributed by atoms with Crippen LogP contribution in [0.2, 0.25) is 5.02 Å². The van der Waals surface area contributed by atoms with Crippen LogP contribution in [0.5, 0.6) is 0 Å². The minimum absolute atomic E-state index is 0.0425. The maximum atomic E-state index is 12.8. The zero-order chi connectivity index (χ0) is 19.3. The first-order valence-corrected chi connectivity index (χ1v) is 9.50. The van der Waals surface area contributed by atoms with E-state index in [1.165, 1.54) is 18.9 Å². The number of hydrogen-bond acceptors (Lipinski definition) is 2.